The molecule has 0 radical (unpaired) electrons. The lowest BCUT2D eigenvalue weighted by Crippen LogP contribution is -2.29. The first-order valence-electron chi connectivity index (χ1n) is 10.2. The van der Waals surface area contributed by atoms with Crippen molar-refractivity contribution >= 4 is 28.5 Å². The van der Waals surface area contributed by atoms with Gasteiger partial charge in [-0.3, -0.25) is 9.59 Å². The van der Waals surface area contributed by atoms with Gasteiger partial charge in [0.15, 0.2) is 16.9 Å². The lowest BCUT2D eigenvalue weighted by molar-refractivity contribution is 0.0714. The van der Waals surface area contributed by atoms with E-state index in [1.807, 2.05) is 6.07 Å². The molecule has 8 heteroatoms. The van der Waals surface area contributed by atoms with E-state index in [0.717, 1.165) is 11.6 Å². The Hall–Kier alpha value is -3.84. The molecule has 1 amide bonds. The van der Waals surface area contributed by atoms with E-state index in [1.165, 1.54) is 12.1 Å². The Morgan fingerprint density at radius 2 is 1.85 bits per heavy atom. The monoisotopic (exact) mass is 463 g/mol. The van der Waals surface area contributed by atoms with Gasteiger partial charge in [-0.25, -0.2) is 4.39 Å². The molecule has 0 saturated carbocycles. The van der Waals surface area contributed by atoms with Crippen LogP contribution >= 0.6 is 11.6 Å². The number of halogens is 2. The number of fused-ring (bicyclic) bond motifs is 3. The first kappa shape index (κ1) is 19.8. The summed E-state index contributed by atoms with van der Waals surface area (Å²) in [4.78, 5) is 28.5. The van der Waals surface area contributed by atoms with Gasteiger partial charge in [-0.05, 0) is 53.6 Å². The molecule has 164 valence electrons. The molecule has 0 aliphatic carbocycles. The van der Waals surface area contributed by atoms with Gasteiger partial charge in [0.1, 0.15) is 11.4 Å². The first-order chi connectivity index (χ1) is 16.0. The molecule has 0 bridgehead atoms. The minimum atomic E-state index is -0.749. The molecule has 0 spiro atoms. The minimum absolute atomic E-state index is 0.0511. The van der Waals surface area contributed by atoms with Crippen molar-refractivity contribution < 1.29 is 23.1 Å². The van der Waals surface area contributed by atoms with E-state index >= 15 is 0 Å². The third-order valence-electron chi connectivity index (χ3n) is 5.88. The molecule has 2 aliphatic heterocycles. The van der Waals surface area contributed by atoms with E-state index < -0.39 is 23.2 Å². The van der Waals surface area contributed by atoms with Gasteiger partial charge in [-0.15, -0.1) is 0 Å². The molecule has 1 atom stereocenters. The van der Waals surface area contributed by atoms with Crippen LogP contribution in [-0.2, 0) is 6.54 Å². The molecule has 0 N–H and O–H groups in total. The van der Waals surface area contributed by atoms with Gasteiger partial charge >= 0.3 is 0 Å². The van der Waals surface area contributed by atoms with Crippen molar-refractivity contribution in [3.8, 4) is 11.5 Å². The summed E-state index contributed by atoms with van der Waals surface area (Å²) in [6.07, 6.45) is 0. The van der Waals surface area contributed by atoms with Crippen molar-refractivity contribution in [2.75, 3.05) is 6.79 Å². The van der Waals surface area contributed by atoms with E-state index in [0.29, 0.717) is 22.1 Å². The summed E-state index contributed by atoms with van der Waals surface area (Å²) < 4.78 is 30.6. The van der Waals surface area contributed by atoms with Crippen molar-refractivity contribution in [3.05, 3.63) is 104 Å². The molecule has 0 saturated heterocycles. The summed E-state index contributed by atoms with van der Waals surface area (Å²) >= 11 is 6.23. The minimum Gasteiger partial charge on any atom is -0.454 e. The first-order valence-corrected chi connectivity index (χ1v) is 10.6. The van der Waals surface area contributed by atoms with E-state index in [2.05, 4.69) is 0 Å². The van der Waals surface area contributed by atoms with Crippen LogP contribution < -0.4 is 14.9 Å². The molecule has 3 aromatic carbocycles. The summed E-state index contributed by atoms with van der Waals surface area (Å²) in [5, 5.41) is 0.547. The van der Waals surface area contributed by atoms with Crippen LogP contribution in [0, 0.1) is 5.82 Å². The van der Waals surface area contributed by atoms with E-state index in [-0.39, 0.29) is 35.6 Å². The fourth-order valence-corrected chi connectivity index (χ4v) is 4.61. The average Bonchev–Trinajstić information content (AvgIpc) is 3.37. The molecule has 3 heterocycles. The van der Waals surface area contributed by atoms with Crippen LogP contribution in [0.15, 0.2) is 69.9 Å². The third kappa shape index (κ3) is 3.15. The summed E-state index contributed by atoms with van der Waals surface area (Å²) in [6.45, 7) is 0.320. The Bertz CT molecular complexity index is 1510. The standard InChI is InChI=1S/C25H15ClFNO5/c26-15-3-1-2-14(9-15)22-21-23(29)17-10-16(27)5-7-18(17)33-24(21)25(30)28(22)11-13-4-6-19-20(8-13)32-12-31-19/h1-10,22H,11-12H2. The van der Waals surface area contributed by atoms with E-state index in [1.54, 1.807) is 41.3 Å². The van der Waals surface area contributed by atoms with Gasteiger partial charge in [0.25, 0.3) is 5.91 Å². The molecular formula is C25H15ClFNO5. The quantitative estimate of drug-likeness (QED) is 0.425. The number of benzene rings is 3. The molecule has 1 aromatic heterocycles. The highest BCUT2D eigenvalue weighted by Gasteiger charge is 2.43. The fraction of sp³-hybridized carbons (Fsp3) is 0.120. The Kier molecular flexibility index (Phi) is 4.41. The largest absolute Gasteiger partial charge is 0.454 e. The smallest absolute Gasteiger partial charge is 0.291 e. The molecule has 4 aromatic rings. The van der Waals surface area contributed by atoms with Crippen molar-refractivity contribution in [3.63, 3.8) is 0 Å². The highest BCUT2D eigenvalue weighted by molar-refractivity contribution is 6.30. The second-order valence-electron chi connectivity index (χ2n) is 7.89. The summed E-state index contributed by atoms with van der Waals surface area (Å²) in [5.74, 6) is 0.175. The lowest BCUT2D eigenvalue weighted by Gasteiger charge is -2.25. The number of hydrogen-bond acceptors (Lipinski definition) is 5. The van der Waals surface area contributed by atoms with Gasteiger partial charge in [0, 0.05) is 11.6 Å². The van der Waals surface area contributed by atoms with Gasteiger partial charge in [-0.2, -0.15) is 0 Å². The van der Waals surface area contributed by atoms with Crippen molar-refractivity contribution in [2.24, 2.45) is 0 Å². The van der Waals surface area contributed by atoms with Crippen molar-refractivity contribution in [1.82, 2.24) is 4.90 Å². The maximum absolute atomic E-state index is 13.9. The maximum atomic E-state index is 13.9. The number of rotatable bonds is 3. The second-order valence-corrected chi connectivity index (χ2v) is 8.33. The number of ether oxygens (including phenoxy) is 2. The van der Waals surface area contributed by atoms with Crippen molar-refractivity contribution in [2.45, 2.75) is 12.6 Å². The molecule has 2 aliphatic rings. The highest BCUT2D eigenvalue weighted by atomic mass is 35.5. The number of carbonyl (C=O) groups is 1. The normalized spacial score (nSPS) is 16.5. The van der Waals surface area contributed by atoms with Crippen molar-refractivity contribution in [1.29, 1.82) is 0 Å². The number of hydrogen-bond donors (Lipinski definition) is 0. The zero-order chi connectivity index (χ0) is 22.7. The number of carbonyl (C=O) groups excluding carboxylic acids is 1. The lowest BCUT2D eigenvalue weighted by atomic mass is 9.98. The van der Waals surface area contributed by atoms with Crippen LogP contribution in [0.1, 0.15) is 33.3 Å². The van der Waals surface area contributed by atoms with Crippen LogP contribution in [0.5, 0.6) is 11.5 Å². The zero-order valence-corrected chi connectivity index (χ0v) is 17.8. The van der Waals surface area contributed by atoms with Crippen LogP contribution in [0.2, 0.25) is 5.02 Å². The summed E-state index contributed by atoms with van der Waals surface area (Å²) in [7, 11) is 0. The Morgan fingerprint density at radius 1 is 1.00 bits per heavy atom. The fourth-order valence-electron chi connectivity index (χ4n) is 4.41. The molecule has 33 heavy (non-hydrogen) atoms. The second kappa shape index (κ2) is 7.35. The topological polar surface area (TPSA) is 69.0 Å². The van der Waals surface area contributed by atoms with Crippen LogP contribution in [-0.4, -0.2) is 17.6 Å². The number of nitrogens with zero attached hydrogens (tertiary/aromatic N) is 1. The molecule has 6 rings (SSSR count). The van der Waals surface area contributed by atoms with Crippen LogP contribution in [0.3, 0.4) is 0 Å². The predicted octanol–water partition coefficient (Wildman–Crippen LogP) is 5.06. The summed E-state index contributed by atoms with van der Waals surface area (Å²) in [5.41, 5.74) is 1.32. The summed E-state index contributed by atoms with van der Waals surface area (Å²) in [6, 6.07) is 15.3. The molecule has 6 nitrogen and oxygen atoms in total. The van der Waals surface area contributed by atoms with E-state index in [9.17, 15) is 14.0 Å². The SMILES string of the molecule is O=C1c2oc3ccc(F)cc3c(=O)c2C(c2cccc(Cl)c2)N1Cc1ccc2c(c1)OCO2. The maximum Gasteiger partial charge on any atom is 0.291 e. The van der Waals surface area contributed by atoms with E-state index in [4.69, 9.17) is 25.5 Å². The highest BCUT2D eigenvalue weighted by Crippen LogP contribution is 2.41. The predicted molar refractivity (Wildman–Crippen MR) is 118 cm³/mol. The Balaban J connectivity index is 1.53. The van der Waals surface area contributed by atoms with Gasteiger partial charge in [0.05, 0.1) is 17.0 Å². The molecule has 0 fully saturated rings. The number of amides is 1. The third-order valence-corrected chi connectivity index (χ3v) is 6.12. The zero-order valence-electron chi connectivity index (χ0n) is 17.0. The van der Waals surface area contributed by atoms with Gasteiger partial charge in [-0.1, -0.05) is 29.8 Å². The Labute approximate surface area is 191 Å². The van der Waals surface area contributed by atoms with Gasteiger partial charge in [0.2, 0.25) is 12.6 Å². The molecule has 1 unspecified atom stereocenters. The average molecular weight is 464 g/mol. The Morgan fingerprint density at radius 3 is 2.70 bits per heavy atom. The molecular weight excluding hydrogens is 449 g/mol. The van der Waals surface area contributed by atoms with Gasteiger partial charge < -0.3 is 18.8 Å². The van der Waals surface area contributed by atoms with Crippen LogP contribution in [0.25, 0.3) is 11.0 Å². The van der Waals surface area contributed by atoms with Crippen LogP contribution in [0.4, 0.5) is 4.39 Å².